The van der Waals surface area contributed by atoms with Crippen molar-refractivity contribution in [2.45, 2.75) is 33.2 Å². The smallest absolute Gasteiger partial charge is 0.191 e. The van der Waals surface area contributed by atoms with E-state index in [9.17, 15) is 0 Å². The molecule has 4 nitrogen and oxygen atoms in total. The van der Waals surface area contributed by atoms with Crippen LogP contribution in [0.15, 0.2) is 35.5 Å². The van der Waals surface area contributed by atoms with Gasteiger partial charge in [-0.3, -0.25) is 0 Å². The van der Waals surface area contributed by atoms with Gasteiger partial charge in [0.1, 0.15) is 5.15 Å². The number of nitrogens with one attached hydrogen (secondary N) is 2. The number of hydrogen-bond donors (Lipinski definition) is 2. The van der Waals surface area contributed by atoms with Crippen LogP contribution in [0.25, 0.3) is 0 Å². The second kappa shape index (κ2) is 11.7. The number of aryl methyl sites for hydroxylation is 1. The van der Waals surface area contributed by atoms with Gasteiger partial charge in [-0.1, -0.05) is 24.6 Å². The molecule has 0 spiro atoms. The van der Waals surface area contributed by atoms with E-state index in [1.54, 1.807) is 0 Å². The summed E-state index contributed by atoms with van der Waals surface area (Å²) in [5.41, 5.74) is 1.16. The van der Waals surface area contributed by atoms with Crippen molar-refractivity contribution in [1.82, 2.24) is 15.6 Å². The molecule has 2 heterocycles. The van der Waals surface area contributed by atoms with Gasteiger partial charge in [-0.25, -0.2) is 9.98 Å². The molecule has 132 valence electrons. The lowest BCUT2D eigenvalue weighted by molar-refractivity contribution is 0.799. The Balaban J connectivity index is 0.00000288. The zero-order valence-electron chi connectivity index (χ0n) is 14.0. The van der Waals surface area contributed by atoms with Crippen LogP contribution in [0.5, 0.6) is 0 Å². The van der Waals surface area contributed by atoms with E-state index in [1.807, 2.05) is 29.7 Å². The summed E-state index contributed by atoms with van der Waals surface area (Å²) in [6.07, 6.45) is 3.78. The molecule has 0 aliphatic carbocycles. The molecular weight excluding hydrogens is 455 g/mol. The molecule has 0 saturated carbocycles. The number of rotatable bonds is 7. The molecule has 2 N–H and O–H groups in total. The Morgan fingerprint density at radius 1 is 1.17 bits per heavy atom. The summed E-state index contributed by atoms with van der Waals surface area (Å²) in [6.45, 7) is 6.61. The van der Waals surface area contributed by atoms with E-state index in [-0.39, 0.29) is 24.0 Å². The standard InChI is InChI=1S/C17H23ClN4S.HI/c1-3-14-6-7-15(23-14)12-22-17(19-4-2)20-10-9-13-5-8-16(18)21-11-13;/h5-8,11H,3-4,9-10,12H2,1-2H3,(H2,19,20,22);1H. The van der Waals surface area contributed by atoms with Gasteiger partial charge in [0.25, 0.3) is 0 Å². The van der Waals surface area contributed by atoms with Crippen LogP contribution in [0.3, 0.4) is 0 Å². The average Bonchev–Trinajstić information content (AvgIpc) is 3.02. The van der Waals surface area contributed by atoms with Gasteiger partial charge in [-0.15, -0.1) is 35.3 Å². The Morgan fingerprint density at radius 2 is 1.96 bits per heavy atom. The number of nitrogens with zero attached hydrogens (tertiary/aromatic N) is 2. The molecule has 0 atom stereocenters. The van der Waals surface area contributed by atoms with Gasteiger partial charge < -0.3 is 10.6 Å². The van der Waals surface area contributed by atoms with Crippen LogP contribution in [0.1, 0.15) is 29.2 Å². The molecule has 24 heavy (non-hydrogen) atoms. The molecule has 0 fully saturated rings. The highest BCUT2D eigenvalue weighted by Crippen LogP contribution is 2.17. The molecule has 2 aromatic heterocycles. The minimum absolute atomic E-state index is 0. The first kappa shape index (κ1) is 21.2. The van der Waals surface area contributed by atoms with Gasteiger partial charge in [0.05, 0.1) is 6.54 Å². The second-order valence-electron chi connectivity index (χ2n) is 5.08. The summed E-state index contributed by atoms with van der Waals surface area (Å²) >= 11 is 7.63. The fourth-order valence-electron chi connectivity index (χ4n) is 2.08. The van der Waals surface area contributed by atoms with Crippen LogP contribution in [0, 0.1) is 0 Å². The summed E-state index contributed by atoms with van der Waals surface area (Å²) in [6, 6.07) is 8.16. The van der Waals surface area contributed by atoms with E-state index in [0.717, 1.165) is 37.5 Å². The number of hydrogen-bond acceptors (Lipinski definition) is 3. The number of guanidine groups is 1. The number of pyridine rings is 1. The lowest BCUT2D eigenvalue weighted by Gasteiger charge is -2.11. The minimum atomic E-state index is 0. The molecule has 2 rings (SSSR count). The van der Waals surface area contributed by atoms with E-state index in [1.165, 1.54) is 9.75 Å². The maximum absolute atomic E-state index is 5.79. The summed E-state index contributed by atoms with van der Waals surface area (Å²) in [7, 11) is 0. The van der Waals surface area contributed by atoms with Gasteiger partial charge >= 0.3 is 0 Å². The first-order chi connectivity index (χ1) is 11.2. The number of halogens is 2. The van der Waals surface area contributed by atoms with Crippen LogP contribution in [0.4, 0.5) is 0 Å². The molecular formula is C17H24ClIN4S. The average molecular weight is 479 g/mol. The summed E-state index contributed by atoms with van der Waals surface area (Å²) < 4.78 is 0. The van der Waals surface area contributed by atoms with E-state index in [4.69, 9.17) is 11.6 Å². The summed E-state index contributed by atoms with van der Waals surface area (Å²) in [4.78, 5) is 11.4. The molecule has 7 heteroatoms. The predicted molar refractivity (Wildman–Crippen MR) is 115 cm³/mol. The first-order valence-electron chi connectivity index (χ1n) is 7.91. The van der Waals surface area contributed by atoms with Gasteiger partial charge in [-0.05, 0) is 43.5 Å². The maximum atomic E-state index is 5.79. The Kier molecular flexibility index (Phi) is 10.3. The topological polar surface area (TPSA) is 49.3 Å². The normalized spacial score (nSPS) is 11.0. The highest BCUT2D eigenvalue weighted by Gasteiger charge is 2.01. The second-order valence-corrected chi connectivity index (χ2v) is 6.72. The van der Waals surface area contributed by atoms with E-state index >= 15 is 0 Å². The third kappa shape index (κ3) is 7.36. The molecule has 0 unspecified atom stereocenters. The molecule has 0 aliphatic heterocycles. The lowest BCUT2D eigenvalue weighted by Crippen LogP contribution is -2.38. The van der Waals surface area contributed by atoms with Gasteiger partial charge in [-0.2, -0.15) is 0 Å². The van der Waals surface area contributed by atoms with Crippen LogP contribution < -0.4 is 10.6 Å². The largest absolute Gasteiger partial charge is 0.357 e. The fraction of sp³-hybridized carbons (Fsp3) is 0.412. The number of aliphatic imine (C=N–C) groups is 1. The van der Waals surface area contributed by atoms with Gasteiger partial charge in [0.15, 0.2) is 5.96 Å². The van der Waals surface area contributed by atoms with Crippen molar-refractivity contribution in [2.75, 3.05) is 13.1 Å². The van der Waals surface area contributed by atoms with E-state index in [2.05, 4.69) is 46.6 Å². The Morgan fingerprint density at radius 3 is 2.58 bits per heavy atom. The monoisotopic (exact) mass is 478 g/mol. The lowest BCUT2D eigenvalue weighted by atomic mass is 10.2. The fourth-order valence-corrected chi connectivity index (χ4v) is 3.07. The number of aromatic nitrogens is 1. The molecule has 0 radical (unpaired) electrons. The zero-order chi connectivity index (χ0) is 16.5. The predicted octanol–water partition coefficient (Wildman–Crippen LogP) is 4.27. The molecule has 0 aromatic carbocycles. The molecule has 2 aromatic rings. The Bertz CT molecular complexity index is 628. The molecule has 0 amide bonds. The van der Waals surface area contributed by atoms with Crippen molar-refractivity contribution in [3.63, 3.8) is 0 Å². The van der Waals surface area contributed by atoms with Gasteiger partial charge in [0.2, 0.25) is 0 Å². The highest BCUT2D eigenvalue weighted by atomic mass is 127. The quantitative estimate of drug-likeness (QED) is 0.270. The maximum Gasteiger partial charge on any atom is 0.191 e. The summed E-state index contributed by atoms with van der Waals surface area (Å²) in [5, 5.41) is 7.16. The van der Waals surface area contributed by atoms with Gasteiger partial charge in [0, 0.05) is 29.0 Å². The highest BCUT2D eigenvalue weighted by molar-refractivity contribution is 14.0. The van der Waals surface area contributed by atoms with E-state index in [0.29, 0.717) is 11.7 Å². The van der Waals surface area contributed by atoms with Crippen LogP contribution in [-0.2, 0) is 19.4 Å². The van der Waals surface area contributed by atoms with E-state index < -0.39 is 0 Å². The first-order valence-corrected chi connectivity index (χ1v) is 9.11. The van der Waals surface area contributed by atoms with Crippen molar-refractivity contribution in [1.29, 1.82) is 0 Å². The van der Waals surface area contributed by atoms with Crippen molar-refractivity contribution in [3.05, 3.63) is 50.9 Å². The van der Waals surface area contributed by atoms with Crippen molar-refractivity contribution in [3.8, 4) is 0 Å². The molecule has 0 aliphatic rings. The van der Waals surface area contributed by atoms with Crippen LogP contribution in [-0.4, -0.2) is 24.0 Å². The van der Waals surface area contributed by atoms with Crippen molar-refractivity contribution in [2.24, 2.45) is 4.99 Å². The Labute approximate surface area is 170 Å². The molecule has 0 bridgehead atoms. The SMILES string of the molecule is CCNC(=NCc1ccc(CC)s1)NCCc1ccc(Cl)nc1.I. The third-order valence-corrected chi connectivity index (χ3v) is 4.74. The zero-order valence-corrected chi connectivity index (χ0v) is 17.9. The minimum Gasteiger partial charge on any atom is -0.357 e. The van der Waals surface area contributed by atoms with Crippen LogP contribution >= 0.6 is 46.9 Å². The van der Waals surface area contributed by atoms with Crippen molar-refractivity contribution < 1.29 is 0 Å². The summed E-state index contributed by atoms with van der Waals surface area (Å²) in [5.74, 6) is 0.848. The van der Waals surface area contributed by atoms with Crippen molar-refractivity contribution >= 4 is 52.9 Å². The third-order valence-electron chi connectivity index (χ3n) is 3.30. The number of thiophene rings is 1. The van der Waals surface area contributed by atoms with Crippen LogP contribution in [0.2, 0.25) is 5.15 Å². The Hall–Kier alpha value is -0.860. The molecule has 0 saturated heterocycles.